The van der Waals surface area contributed by atoms with Crippen LogP contribution in [0.1, 0.15) is 21.6 Å². The summed E-state index contributed by atoms with van der Waals surface area (Å²) in [6.07, 6.45) is 3.65. The van der Waals surface area contributed by atoms with Crippen molar-refractivity contribution in [2.75, 3.05) is 6.54 Å². The number of hydrogen-bond donors (Lipinski definition) is 1. The van der Waals surface area contributed by atoms with Gasteiger partial charge in [0.25, 0.3) is 11.5 Å². The Labute approximate surface area is 131 Å². The topological polar surface area (TPSA) is 83.9 Å². The molecule has 0 bridgehead atoms. The first kappa shape index (κ1) is 13.7. The second-order valence-electron chi connectivity index (χ2n) is 5.70. The standard InChI is InChI=1S/C16H15N5O2/c1-20-9-19-14-7-21(5-4-11(14)16(20)23)15(22)10-2-3-12-13(6-10)18-8-17-12/h2-3,6,8-9H,4-5,7H2,1H3,(H,17,18). The highest BCUT2D eigenvalue weighted by Crippen LogP contribution is 2.18. The van der Waals surface area contributed by atoms with Gasteiger partial charge in [-0.3, -0.25) is 9.59 Å². The van der Waals surface area contributed by atoms with Gasteiger partial charge in [-0.05, 0) is 24.6 Å². The van der Waals surface area contributed by atoms with E-state index in [4.69, 9.17) is 0 Å². The van der Waals surface area contributed by atoms with E-state index in [1.807, 2.05) is 6.07 Å². The molecule has 1 aliphatic rings. The molecule has 0 aliphatic carbocycles. The van der Waals surface area contributed by atoms with E-state index in [2.05, 4.69) is 15.0 Å². The minimum absolute atomic E-state index is 0.0269. The van der Waals surface area contributed by atoms with Crippen molar-refractivity contribution < 1.29 is 4.79 Å². The number of carbonyl (C=O) groups is 1. The van der Waals surface area contributed by atoms with Gasteiger partial charge in [0.1, 0.15) is 0 Å². The van der Waals surface area contributed by atoms with Crippen molar-refractivity contribution in [2.24, 2.45) is 7.05 Å². The van der Waals surface area contributed by atoms with Gasteiger partial charge in [-0.15, -0.1) is 0 Å². The smallest absolute Gasteiger partial charge is 0.256 e. The lowest BCUT2D eigenvalue weighted by Crippen LogP contribution is -2.40. The van der Waals surface area contributed by atoms with E-state index in [1.54, 1.807) is 30.4 Å². The van der Waals surface area contributed by atoms with Crippen LogP contribution in [0.5, 0.6) is 0 Å². The van der Waals surface area contributed by atoms with Crippen molar-refractivity contribution in [3.8, 4) is 0 Å². The van der Waals surface area contributed by atoms with Gasteiger partial charge in [0.05, 0.1) is 35.9 Å². The van der Waals surface area contributed by atoms with Gasteiger partial charge >= 0.3 is 0 Å². The van der Waals surface area contributed by atoms with Crippen molar-refractivity contribution in [1.82, 2.24) is 24.4 Å². The Morgan fingerprint density at radius 1 is 1.30 bits per heavy atom. The summed E-state index contributed by atoms with van der Waals surface area (Å²) in [6.45, 7) is 0.888. The molecule has 3 aromatic rings. The second kappa shape index (κ2) is 5.05. The number of fused-ring (bicyclic) bond motifs is 2. The fraction of sp³-hybridized carbons (Fsp3) is 0.250. The normalized spacial score (nSPS) is 14.0. The van der Waals surface area contributed by atoms with Crippen LogP contribution < -0.4 is 5.56 Å². The monoisotopic (exact) mass is 309 g/mol. The maximum atomic E-state index is 12.7. The molecule has 2 aromatic heterocycles. The highest BCUT2D eigenvalue weighted by molar-refractivity contribution is 5.97. The SMILES string of the molecule is Cn1cnc2c(c1=O)CCN(C(=O)c1ccc3nc[nH]c3c1)C2. The molecule has 0 fully saturated rings. The lowest BCUT2D eigenvalue weighted by atomic mass is 10.1. The van der Waals surface area contributed by atoms with Gasteiger partial charge < -0.3 is 14.5 Å². The molecule has 0 atom stereocenters. The predicted octanol–water partition coefficient (Wildman–Crippen LogP) is 0.855. The molecule has 4 rings (SSSR count). The molecule has 0 radical (unpaired) electrons. The largest absolute Gasteiger partial charge is 0.345 e. The van der Waals surface area contributed by atoms with E-state index < -0.39 is 0 Å². The van der Waals surface area contributed by atoms with Crippen LogP contribution in [0.15, 0.2) is 35.6 Å². The minimum Gasteiger partial charge on any atom is -0.345 e. The minimum atomic E-state index is -0.0605. The third-order valence-corrected chi connectivity index (χ3v) is 4.24. The molecule has 1 aromatic carbocycles. The summed E-state index contributed by atoms with van der Waals surface area (Å²) in [5.74, 6) is -0.0605. The summed E-state index contributed by atoms with van der Waals surface area (Å²) in [4.78, 5) is 38.0. The van der Waals surface area contributed by atoms with Gasteiger partial charge in [0.15, 0.2) is 0 Å². The van der Waals surface area contributed by atoms with Crippen LogP contribution in [0.25, 0.3) is 11.0 Å². The molecule has 0 saturated heterocycles. The number of rotatable bonds is 1. The molecule has 0 spiro atoms. The van der Waals surface area contributed by atoms with Crippen molar-refractivity contribution in [2.45, 2.75) is 13.0 Å². The summed E-state index contributed by atoms with van der Waals surface area (Å²) in [5.41, 5.74) is 3.64. The number of carbonyl (C=O) groups excluding carboxylic acids is 1. The summed E-state index contributed by atoms with van der Waals surface area (Å²) in [6, 6.07) is 5.40. The predicted molar refractivity (Wildman–Crippen MR) is 84.0 cm³/mol. The number of aromatic nitrogens is 4. The first-order valence-electron chi connectivity index (χ1n) is 7.39. The van der Waals surface area contributed by atoms with Crippen molar-refractivity contribution in [1.29, 1.82) is 0 Å². The average Bonchev–Trinajstić information content (AvgIpc) is 3.05. The van der Waals surface area contributed by atoms with Gasteiger partial charge in [0.2, 0.25) is 0 Å². The fourth-order valence-corrected chi connectivity index (χ4v) is 2.94. The molecule has 23 heavy (non-hydrogen) atoms. The third-order valence-electron chi connectivity index (χ3n) is 4.24. The number of benzene rings is 1. The zero-order valence-corrected chi connectivity index (χ0v) is 12.6. The first-order chi connectivity index (χ1) is 11.1. The number of aromatic amines is 1. The highest BCUT2D eigenvalue weighted by atomic mass is 16.2. The molecule has 3 heterocycles. The number of hydrogen-bond acceptors (Lipinski definition) is 4. The van der Waals surface area contributed by atoms with Gasteiger partial charge in [-0.1, -0.05) is 0 Å². The van der Waals surface area contributed by atoms with E-state index in [0.717, 1.165) is 11.0 Å². The lowest BCUT2D eigenvalue weighted by molar-refractivity contribution is 0.0731. The van der Waals surface area contributed by atoms with E-state index in [9.17, 15) is 9.59 Å². The van der Waals surface area contributed by atoms with Crippen molar-refractivity contribution in [3.63, 3.8) is 0 Å². The molecular formula is C16H15N5O2. The number of nitrogens with one attached hydrogen (secondary N) is 1. The Bertz CT molecular complexity index is 972. The summed E-state index contributed by atoms with van der Waals surface area (Å²) < 4.78 is 1.47. The van der Waals surface area contributed by atoms with E-state index in [0.29, 0.717) is 36.3 Å². The fourth-order valence-electron chi connectivity index (χ4n) is 2.94. The number of nitrogens with zero attached hydrogens (tertiary/aromatic N) is 4. The number of imidazole rings is 1. The van der Waals surface area contributed by atoms with Crippen molar-refractivity contribution >= 4 is 16.9 Å². The lowest BCUT2D eigenvalue weighted by Gasteiger charge is -2.27. The molecule has 116 valence electrons. The number of aryl methyl sites for hydroxylation is 1. The highest BCUT2D eigenvalue weighted by Gasteiger charge is 2.25. The number of amides is 1. The third kappa shape index (κ3) is 2.21. The molecule has 0 unspecified atom stereocenters. The van der Waals surface area contributed by atoms with E-state index >= 15 is 0 Å². The Morgan fingerprint density at radius 2 is 2.17 bits per heavy atom. The summed E-state index contributed by atoms with van der Waals surface area (Å²) in [5, 5.41) is 0. The number of H-pyrrole nitrogens is 1. The van der Waals surface area contributed by atoms with Crippen LogP contribution in [0, 0.1) is 0 Å². The molecular weight excluding hydrogens is 294 g/mol. The zero-order valence-electron chi connectivity index (χ0n) is 12.6. The van der Waals surface area contributed by atoms with Crippen LogP contribution in [0.2, 0.25) is 0 Å². The zero-order chi connectivity index (χ0) is 16.0. The average molecular weight is 309 g/mol. The summed E-state index contributed by atoms with van der Waals surface area (Å²) in [7, 11) is 1.69. The van der Waals surface area contributed by atoms with Crippen LogP contribution in [0.3, 0.4) is 0 Å². The maximum absolute atomic E-state index is 12.7. The Balaban J connectivity index is 1.64. The molecule has 1 amide bonds. The van der Waals surface area contributed by atoms with Crippen LogP contribution in [0.4, 0.5) is 0 Å². The quantitative estimate of drug-likeness (QED) is 0.722. The van der Waals surface area contributed by atoms with Crippen molar-refractivity contribution in [3.05, 3.63) is 58.0 Å². The summed E-state index contributed by atoms with van der Waals surface area (Å²) >= 11 is 0. The molecule has 1 aliphatic heterocycles. The maximum Gasteiger partial charge on any atom is 0.256 e. The van der Waals surface area contributed by atoms with E-state index in [-0.39, 0.29) is 11.5 Å². The molecule has 7 nitrogen and oxygen atoms in total. The Kier molecular flexibility index (Phi) is 3.00. The van der Waals surface area contributed by atoms with Gasteiger partial charge in [-0.25, -0.2) is 9.97 Å². The van der Waals surface area contributed by atoms with Crippen LogP contribution in [-0.2, 0) is 20.0 Å². The van der Waals surface area contributed by atoms with Crippen LogP contribution >= 0.6 is 0 Å². The Hall–Kier alpha value is -2.96. The molecule has 7 heteroatoms. The molecule has 1 N–H and O–H groups in total. The second-order valence-corrected chi connectivity index (χ2v) is 5.70. The molecule has 0 saturated carbocycles. The van der Waals surface area contributed by atoms with Gasteiger partial charge in [-0.2, -0.15) is 0 Å². The van der Waals surface area contributed by atoms with Gasteiger partial charge in [0, 0.05) is 24.7 Å². The van der Waals surface area contributed by atoms with Crippen LogP contribution in [-0.4, -0.2) is 36.9 Å². The van der Waals surface area contributed by atoms with E-state index in [1.165, 1.54) is 10.9 Å². The Morgan fingerprint density at radius 3 is 3.04 bits per heavy atom. The first-order valence-corrected chi connectivity index (χ1v) is 7.39.